The molecule has 19 heavy (non-hydrogen) atoms. The van der Waals surface area contributed by atoms with Crippen molar-refractivity contribution in [2.24, 2.45) is 0 Å². The van der Waals surface area contributed by atoms with Crippen molar-refractivity contribution in [1.82, 2.24) is 9.78 Å². The standard InChI is InChI=1S/C14H17BrN2O2/c1-10-7-11(2)17(16-10)8-13(18)9-19-14-5-3-12(15)4-6-14/h3-7,13,18H,8-9H2,1-2H3/t13-/m1/s1. The number of rotatable bonds is 5. The third kappa shape index (κ3) is 4.08. The first-order valence-electron chi connectivity index (χ1n) is 6.12. The van der Waals surface area contributed by atoms with Crippen molar-refractivity contribution in [3.8, 4) is 5.75 Å². The Bertz CT molecular complexity index is 537. The Kier molecular flexibility index (Phi) is 4.61. The van der Waals surface area contributed by atoms with Crippen LogP contribution in [0.2, 0.25) is 0 Å². The first-order chi connectivity index (χ1) is 9.04. The molecule has 2 rings (SSSR count). The summed E-state index contributed by atoms with van der Waals surface area (Å²) in [4.78, 5) is 0. The van der Waals surface area contributed by atoms with Gasteiger partial charge in [-0.05, 0) is 44.2 Å². The molecule has 1 atom stereocenters. The zero-order chi connectivity index (χ0) is 13.8. The largest absolute Gasteiger partial charge is 0.491 e. The number of nitrogens with zero attached hydrogens (tertiary/aromatic N) is 2. The van der Waals surface area contributed by atoms with Gasteiger partial charge in [-0.15, -0.1) is 0 Å². The summed E-state index contributed by atoms with van der Waals surface area (Å²) in [5.41, 5.74) is 2.00. The van der Waals surface area contributed by atoms with Gasteiger partial charge in [0.2, 0.25) is 0 Å². The van der Waals surface area contributed by atoms with Gasteiger partial charge in [0, 0.05) is 10.2 Å². The predicted octanol–water partition coefficient (Wildman–Crippen LogP) is 2.70. The average molecular weight is 325 g/mol. The summed E-state index contributed by atoms with van der Waals surface area (Å²) in [6.45, 7) is 4.60. The van der Waals surface area contributed by atoms with Gasteiger partial charge in [-0.2, -0.15) is 5.10 Å². The highest BCUT2D eigenvalue weighted by atomic mass is 79.9. The van der Waals surface area contributed by atoms with Gasteiger partial charge in [-0.3, -0.25) is 4.68 Å². The minimum atomic E-state index is -0.582. The maximum Gasteiger partial charge on any atom is 0.119 e. The zero-order valence-electron chi connectivity index (χ0n) is 11.0. The molecule has 2 aromatic rings. The number of ether oxygens (including phenoxy) is 1. The fraction of sp³-hybridized carbons (Fsp3) is 0.357. The van der Waals surface area contributed by atoms with Gasteiger partial charge in [0.1, 0.15) is 18.5 Å². The molecule has 0 bridgehead atoms. The highest BCUT2D eigenvalue weighted by Crippen LogP contribution is 2.16. The van der Waals surface area contributed by atoms with E-state index in [1.165, 1.54) is 0 Å². The summed E-state index contributed by atoms with van der Waals surface area (Å²) in [5.74, 6) is 0.746. The Labute approximate surface area is 121 Å². The second-order valence-corrected chi connectivity index (χ2v) is 5.44. The van der Waals surface area contributed by atoms with Gasteiger partial charge < -0.3 is 9.84 Å². The molecule has 1 aromatic heterocycles. The molecule has 0 saturated heterocycles. The van der Waals surface area contributed by atoms with Crippen LogP contribution in [0.1, 0.15) is 11.4 Å². The molecule has 0 fully saturated rings. The molecule has 0 unspecified atom stereocenters. The van der Waals surface area contributed by atoms with Gasteiger partial charge in [0.15, 0.2) is 0 Å². The Balaban J connectivity index is 1.86. The lowest BCUT2D eigenvalue weighted by molar-refractivity contribution is 0.0887. The van der Waals surface area contributed by atoms with Crippen molar-refractivity contribution in [3.63, 3.8) is 0 Å². The second kappa shape index (κ2) is 6.21. The quantitative estimate of drug-likeness (QED) is 0.919. The molecule has 0 aliphatic heterocycles. The van der Waals surface area contributed by atoms with Crippen LogP contribution in [0.5, 0.6) is 5.75 Å². The molecule has 4 nitrogen and oxygen atoms in total. The maximum absolute atomic E-state index is 9.96. The summed E-state index contributed by atoms with van der Waals surface area (Å²) in [7, 11) is 0. The summed E-state index contributed by atoms with van der Waals surface area (Å²) < 4.78 is 8.33. The van der Waals surface area contributed by atoms with E-state index in [1.54, 1.807) is 4.68 Å². The number of aryl methyl sites for hydroxylation is 2. The Morgan fingerprint density at radius 1 is 1.32 bits per heavy atom. The summed E-state index contributed by atoms with van der Waals surface area (Å²) in [6.07, 6.45) is -0.582. The highest BCUT2D eigenvalue weighted by Gasteiger charge is 2.09. The third-order valence-corrected chi connectivity index (χ3v) is 3.27. The first-order valence-corrected chi connectivity index (χ1v) is 6.91. The van der Waals surface area contributed by atoms with Crippen molar-refractivity contribution >= 4 is 15.9 Å². The lowest BCUT2D eigenvalue weighted by Crippen LogP contribution is -2.24. The molecule has 0 radical (unpaired) electrons. The molecule has 1 heterocycles. The van der Waals surface area contributed by atoms with Crippen molar-refractivity contribution in [3.05, 3.63) is 46.2 Å². The van der Waals surface area contributed by atoms with Crippen LogP contribution in [0, 0.1) is 13.8 Å². The van der Waals surface area contributed by atoms with Crippen LogP contribution in [0.25, 0.3) is 0 Å². The van der Waals surface area contributed by atoms with Crippen LogP contribution in [-0.4, -0.2) is 27.6 Å². The fourth-order valence-corrected chi connectivity index (χ4v) is 2.10. The van der Waals surface area contributed by atoms with Gasteiger partial charge in [-0.1, -0.05) is 15.9 Å². The van der Waals surface area contributed by atoms with Crippen LogP contribution < -0.4 is 4.74 Å². The topological polar surface area (TPSA) is 47.3 Å². The van der Waals surface area contributed by atoms with Crippen molar-refractivity contribution < 1.29 is 9.84 Å². The van der Waals surface area contributed by atoms with Crippen LogP contribution in [0.4, 0.5) is 0 Å². The van der Waals surface area contributed by atoms with E-state index >= 15 is 0 Å². The molecule has 1 N–H and O–H groups in total. The lowest BCUT2D eigenvalue weighted by atomic mass is 10.3. The molecule has 0 aliphatic rings. The molecule has 0 spiro atoms. The average Bonchev–Trinajstić information content (AvgIpc) is 2.67. The molecular weight excluding hydrogens is 308 g/mol. The zero-order valence-corrected chi connectivity index (χ0v) is 12.6. The van der Waals surface area contributed by atoms with Gasteiger partial charge in [-0.25, -0.2) is 0 Å². The van der Waals surface area contributed by atoms with Gasteiger partial charge in [0.05, 0.1) is 12.2 Å². The Morgan fingerprint density at radius 3 is 2.58 bits per heavy atom. The summed E-state index contributed by atoms with van der Waals surface area (Å²) in [6, 6.07) is 9.52. The molecule has 0 saturated carbocycles. The monoisotopic (exact) mass is 324 g/mol. The fourth-order valence-electron chi connectivity index (χ4n) is 1.84. The molecule has 102 valence electrons. The van der Waals surface area contributed by atoms with Crippen LogP contribution in [0.15, 0.2) is 34.8 Å². The highest BCUT2D eigenvalue weighted by molar-refractivity contribution is 9.10. The Hall–Kier alpha value is -1.33. The maximum atomic E-state index is 9.96. The molecule has 1 aromatic carbocycles. The molecule has 0 aliphatic carbocycles. The van der Waals surface area contributed by atoms with Crippen molar-refractivity contribution in [2.45, 2.75) is 26.5 Å². The third-order valence-electron chi connectivity index (χ3n) is 2.74. The SMILES string of the molecule is Cc1cc(C)n(C[C@@H](O)COc2ccc(Br)cc2)n1. The van der Waals surface area contributed by atoms with Crippen molar-refractivity contribution in [1.29, 1.82) is 0 Å². The normalized spacial score (nSPS) is 12.4. The van der Waals surface area contributed by atoms with E-state index in [1.807, 2.05) is 44.2 Å². The number of benzene rings is 1. The summed E-state index contributed by atoms with van der Waals surface area (Å²) in [5, 5.41) is 14.3. The van der Waals surface area contributed by atoms with E-state index in [0.717, 1.165) is 21.6 Å². The van der Waals surface area contributed by atoms with Crippen LogP contribution in [0.3, 0.4) is 0 Å². The minimum Gasteiger partial charge on any atom is -0.491 e. The minimum absolute atomic E-state index is 0.250. The number of aliphatic hydroxyl groups is 1. The second-order valence-electron chi connectivity index (χ2n) is 4.53. The van der Waals surface area contributed by atoms with E-state index in [0.29, 0.717) is 6.54 Å². The van der Waals surface area contributed by atoms with Crippen LogP contribution in [-0.2, 0) is 6.54 Å². The molecule has 0 amide bonds. The number of hydrogen-bond acceptors (Lipinski definition) is 3. The van der Waals surface area contributed by atoms with Crippen LogP contribution >= 0.6 is 15.9 Å². The number of halogens is 1. The van der Waals surface area contributed by atoms with E-state index in [-0.39, 0.29) is 6.61 Å². The number of hydrogen-bond donors (Lipinski definition) is 1. The van der Waals surface area contributed by atoms with Crippen molar-refractivity contribution in [2.75, 3.05) is 6.61 Å². The number of aliphatic hydroxyl groups excluding tert-OH is 1. The number of aromatic nitrogens is 2. The smallest absolute Gasteiger partial charge is 0.119 e. The predicted molar refractivity (Wildman–Crippen MR) is 77.3 cm³/mol. The van der Waals surface area contributed by atoms with E-state index in [2.05, 4.69) is 21.0 Å². The molecule has 5 heteroatoms. The lowest BCUT2D eigenvalue weighted by Gasteiger charge is -2.13. The Morgan fingerprint density at radius 2 is 2.00 bits per heavy atom. The summed E-state index contributed by atoms with van der Waals surface area (Å²) >= 11 is 3.36. The van der Waals surface area contributed by atoms with Gasteiger partial charge in [0.25, 0.3) is 0 Å². The van der Waals surface area contributed by atoms with E-state index in [9.17, 15) is 5.11 Å². The molecular formula is C14H17BrN2O2. The first kappa shape index (κ1) is 14.1. The van der Waals surface area contributed by atoms with E-state index in [4.69, 9.17) is 4.74 Å². The van der Waals surface area contributed by atoms with Gasteiger partial charge >= 0.3 is 0 Å². The van der Waals surface area contributed by atoms with E-state index < -0.39 is 6.10 Å².